The quantitative estimate of drug-likeness (QED) is 0.740. The number of anilines is 2. The lowest BCUT2D eigenvalue weighted by molar-refractivity contribution is 0.628. The molecule has 2 aromatic carbocycles. The summed E-state index contributed by atoms with van der Waals surface area (Å²) >= 11 is 0. The van der Waals surface area contributed by atoms with Crippen molar-refractivity contribution in [3.05, 3.63) is 64.8 Å². The second-order valence-corrected chi connectivity index (χ2v) is 4.07. The predicted molar refractivity (Wildman–Crippen MR) is 72.0 cm³/mol. The number of aromatic nitrogens is 2. The topological polar surface area (TPSA) is 57.8 Å². The van der Waals surface area contributed by atoms with Gasteiger partial charge in [0.25, 0.3) is 0 Å². The van der Waals surface area contributed by atoms with Crippen LogP contribution < -0.4 is 11.0 Å². The zero-order chi connectivity index (χ0) is 13.2. The maximum Gasteiger partial charge on any atom is 0.347 e. The van der Waals surface area contributed by atoms with Gasteiger partial charge in [0.15, 0.2) is 0 Å². The molecule has 0 atom stereocenters. The first-order chi connectivity index (χ1) is 9.22. The number of nitrogens with one attached hydrogen (secondary N) is 2. The third kappa shape index (κ3) is 2.30. The summed E-state index contributed by atoms with van der Waals surface area (Å²) in [6, 6.07) is 13.2. The maximum absolute atomic E-state index is 12.8. The molecular weight excluding hydrogens is 245 g/mol. The first kappa shape index (κ1) is 11.4. The summed E-state index contributed by atoms with van der Waals surface area (Å²) in [5, 5.41) is 3.81. The summed E-state index contributed by atoms with van der Waals surface area (Å²) in [6.45, 7) is 0. The number of para-hydroxylation sites is 1. The molecule has 0 aliphatic carbocycles. The minimum absolute atomic E-state index is 0.311. The molecule has 2 N–H and O–H groups in total. The van der Waals surface area contributed by atoms with Crippen LogP contribution in [0.15, 0.2) is 53.3 Å². The maximum atomic E-state index is 12.8. The predicted octanol–water partition coefficient (Wildman–Crippen LogP) is 2.81. The van der Waals surface area contributed by atoms with Crippen LogP contribution in [0.25, 0.3) is 10.9 Å². The Hall–Kier alpha value is -2.69. The van der Waals surface area contributed by atoms with Crippen LogP contribution in [-0.4, -0.2) is 9.97 Å². The number of fused-ring (bicyclic) bond motifs is 1. The molecule has 0 aliphatic heterocycles. The molecule has 0 radical (unpaired) electrons. The molecule has 0 fully saturated rings. The fourth-order valence-electron chi connectivity index (χ4n) is 1.87. The Bertz CT molecular complexity index is 781. The first-order valence-corrected chi connectivity index (χ1v) is 5.74. The van der Waals surface area contributed by atoms with Crippen molar-refractivity contribution < 1.29 is 4.39 Å². The van der Waals surface area contributed by atoms with E-state index in [0.29, 0.717) is 17.0 Å². The second kappa shape index (κ2) is 4.53. The van der Waals surface area contributed by atoms with Crippen LogP contribution in [0.2, 0.25) is 0 Å². The van der Waals surface area contributed by atoms with E-state index < -0.39 is 5.69 Å². The van der Waals surface area contributed by atoms with Crippen molar-refractivity contribution in [3.8, 4) is 0 Å². The normalized spacial score (nSPS) is 10.6. The Morgan fingerprint density at radius 2 is 1.79 bits per heavy atom. The fraction of sp³-hybridized carbons (Fsp3) is 0. The first-order valence-electron chi connectivity index (χ1n) is 5.74. The van der Waals surface area contributed by atoms with Crippen molar-refractivity contribution in [2.24, 2.45) is 0 Å². The highest BCUT2D eigenvalue weighted by molar-refractivity contribution is 5.90. The zero-order valence-corrected chi connectivity index (χ0v) is 9.85. The number of H-pyrrole nitrogens is 1. The zero-order valence-electron chi connectivity index (χ0n) is 9.85. The number of benzene rings is 2. The number of halogens is 1. The highest BCUT2D eigenvalue weighted by Crippen LogP contribution is 2.21. The summed E-state index contributed by atoms with van der Waals surface area (Å²) in [4.78, 5) is 18.0. The fourth-order valence-corrected chi connectivity index (χ4v) is 1.87. The standard InChI is InChI=1S/C14H10FN3O/c15-9-5-7-10(8-6-9)16-13-11-3-1-2-4-12(11)17-14(19)18-13/h1-8H,(H2,16,17,18,19). The van der Waals surface area contributed by atoms with Crippen molar-refractivity contribution in [2.75, 3.05) is 5.32 Å². The van der Waals surface area contributed by atoms with Gasteiger partial charge in [0.2, 0.25) is 0 Å². The molecule has 3 rings (SSSR count). The number of nitrogens with zero attached hydrogens (tertiary/aromatic N) is 1. The molecule has 0 saturated carbocycles. The Morgan fingerprint density at radius 3 is 2.58 bits per heavy atom. The molecule has 1 aromatic heterocycles. The number of hydrogen-bond donors (Lipinski definition) is 2. The van der Waals surface area contributed by atoms with Gasteiger partial charge < -0.3 is 10.3 Å². The molecule has 0 amide bonds. The summed E-state index contributed by atoms with van der Waals surface area (Å²) in [7, 11) is 0. The van der Waals surface area contributed by atoms with Crippen molar-refractivity contribution in [3.63, 3.8) is 0 Å². The van der Waals surface area contributed by atoms with Gasteiger partial charge in [-0.25, -0.2) is 9.18 Å². The monoisotopic (exact) mass is 255 g/mol. The van der Waals surface area contributed by atoms with Crippen LogP contribution in [0.1, 0.15) is 0 Å². The Morgan fingerprint density at radius 1 is 1.05 bits per heavy atom. The average Bonchev–Trinajstić information content (AvgIpc) is 2.41. The Labute approximate surface area is 107 Å². The van der Waals surface area contributed by atoms with E-state index in [4.69, 9.17) is 0 Å². The lowest BCUT2D eigenvalue weighted by Gasteiger charge is -2.07. The third-order valence-corrected chi connectivity index (χ3v) is 2.74. The van der Waals surface area contributed by atoms with Gasteiger partial charge in [-0.1, -0.05) is 12.1 Å². The molecule has 5 heteroatoms. The lowest BCUT2D eigenvalue weighted by Crippen LogP contribution is -2.12. The van der Waals surface area contributed by atoms with E-state index in [0.717, 1.165) is 5.39 Å². The molecule has 19 heavy (non-hydrogen) atoms. The van der Waals surface area contributed by atoms with Crippen LogP contribution in [0, 0.1) is 5.82 Å². The minimum Gasteiger partial charge on any atom is -0.339 e. The van der Waals surface area contributed by atoms with Crippen molar-refractivity contribution >= 4 is 22.4 Å². The van der Waals surface area contributed by atoms with Crippen LogP contribution in [-0.2, 0) is 0 Å². The van der Waals surface area contributed by atoms with E-state index in [1.807, 2.05) is 18.2 Å². The van der Waals surface area contributed by atoms with Crippen molar-refractivity contribution in [1.29, 1.82) is 0 Å². The van der Waals surface area contributed by atoms with E-state index in [1.54, 1.807) is 18.2 Å². The van der Waals surface area contributed by atoms with E-state index >= 15 is 0 Å². The van der Waals surface area contributed by atoms with E-state index in [2.05, 4.69) is 15.3 Å². The molecule has 3 aromatic rings. The van der Waals surface area contributed by atoms with Gasteiger partial charge in [-0.15, -0.1) is 0 Å². The van der Waals surface area contributed by atoms with E-state index in [-0.39, 0.29) is 5.82 Å². The molecule has 1 heterocycles. The number of aromatic amines is 1. The summed E-state index contributed by atoms with van der Waals surface area (Å²) in [6.07, 6.45) is 0. The van der Waals surface area contributed by atoms with Gasteiger partial charge in [-0.3, -0.25) is 0 Å². The van der Waals surface area contributed by atoms with Gasteiger partial charge in [0, 0.05) is 11.1 Å². The average molecular weight is 255 g/mol. The SMILES string of the molecule is O=c1nc(Nc2ccc(F)cc2)c2ccccc2[nH]1. The smallest absolute Gasteiger partial charge is 0.339 e. The van der Waals surface area contributed by atoms with Gasteiger partial charge in [-0.2, -0.15) is 4.98 Å². The van der Waals surface area contributed by atoms with E-state index in [1.165, 1.54) is 12.1 Å². The molecule has 94 valence electrons. The van der Waals surface area contributed by atoms with Crippen LogP contribution in [0.4, 0.5) is 15.9 Å². The lowest BCUT2D eigenvalue weighted by atomic mass is 10.2. The highest BCUT2D eigenvalue weighted by Gasteiger charge is 2.04. The largest absolute Gasteiger partial charge is 0.347 e. The van der Waals surface area contributed by atoms with Crippen LogP contribution >= 0.6 is 0 Å². The van der Waals surface area contributed by atoms with Gasteiger partial charge in [0.1, 0.15) is 11.6 Å². The molecule has 0 aliphatic rings. The molecule has 0 saturated heterocycles. The molecule has 4 nitrogen and oxygen atoms in total. The Balaban J connectivity index is 2.09. The summed E-state index contributed by atoms with van der Waals surface area (Å²) < 4.78 is 12.8. The summed E-state index contributed by atoms with van der Waals surface area (Å²) in [5.41, 5.74) is 0.945. The van der Waals surface area contributed by atoms with Gasteiger partial charge in [0.05, 0.1) is 5.52 Å². The van der Waals surface area contributed by atoms with Crippen LogP contribution in [0.3, 0.4) is 0 Å². The number of hydrogen-bond acceptors (Lipinski definition) is 3. The second-order valence-electron chi connectivity index (χ2n) is 4.07. The van der Waals surface area contributed by atoms with Gasteiger partial charge in [-0.05, 0) is 36.4 Å². The van der Waals surface area contributed by atoms with Crippen LogP contribution in [0.5, 0.6) is 0 Å². The van der Waals surface area contributed by atoms with E-state index in [9.17, 15) is 9.18 Å². The summed E-state index contributed by atoms with van der Waals surface area (Å²) in [5.74, 6) is 0.139. The molecule has 0 bridgehead atoms. The third-order valence-electron chi connectivity index (χ3n) is 2.74. The minimum atomic E-state index is -0.427. The Kier molecular flexibility index (Phi) is 2.72. The molecule has 0 unspecified atom stereocenters. The molecular formula is C14H10FN3O. The van der Waals surface area contributed by atoms with Gasteiger partial charge >= 0.3 is 5.69 Å². The van der Waals surface area contributed by atoms with Crippen molar-refractivity contribution in [1.82, 2.24) is 9.97 Å². The number of rotatable bonds is 2. The highest BCUT2D eigenvalue weighted by atomic mass is 19.1. The molecule has 0 spiro atoms. The van der Waals surface area contributed by atoms with Crippen molar-refractivity contribution in [2.45, 2.75) is 0 Å².